The Kier molecular flexibility index (Phi) is 5.63. The van der Waals surface area contributed by atoms with Crippen LogP contribution in [0.2, 0.25) is 10.0 Å². The zero-order valence-corrected chi connectivity index (χ0v) is 11.3. The summed E-state index contributed by atoms with van der Waals surface area (Å²) >= 11 is 11.8. The average molecular weight is 289 g/mol. The van der Waals surface area contributed by atoms with E-state index in [9.17, 15) is 0 Å². The zero-order valence-electron chi connectivity index (χ0n) is 8.99. The molecular weight excluding hydrogens is 277 g/mol. The molecule has 2 aromatic rings. The first-order valence-corrected chi connectivity index (χ1v) is 5.73. The molecule has 0 spiro atoms. The number of anilines is 1. The molecule has 0 radical (unpaired) electrons. The molecule has 1 nitrogen and oxygen atoms in total. The predicted octanol–water partition coefficient (Wildman–Crippen LogP) is 5.03. The number of benzene rings is 2. The number of halogens is 3. The molecule has 0 amide bonds. The van der Waals surface area contributed by atoms with Gasteiger partial charge < -0.3 is 5.32 Å². The number of nitrogens with one attached hydrogen (secondary N) is 1. The quantitative estimate of drug-likeness (QED) is 0.835. The van der Waals surface area contributed by atoms with Crippen LogP contribution in [0.3, 0.4) is 0 Å². The van der Waals surface area contributed by atoms with Crippen molar-refractivity contribution in [2.75, 3.05) is 5.32 Å². The van der Waals surface area contributed by atoms with Gasteiger partial charge in [-0.2, -0.15) is 0 Å². The van der Waals surface area contributed by atoms with Crippen LogP contribution in [0, 0.1) is 0 Å². The standard InChI is InChI=1S/C13H11Cl2N.ClH/c14-11-6-12(15)8-13(7-11)16-9-10-4-2-1-3-5-10;/h1-8,16H,9H2;1H. The van der Waals surface area contributed by atoms with Crippen LogP contribution < -0.4 is 5.32 Å². The van der Waals surface area contributed by atoms with Crippen LogP contribution in [0.4, 0.5) is 5.69 Å². The van der Waals surface area contributed by atoms with Crippen LogP contribution in [-0.2, 0) is 6.54 Å². The van der Waals surface area contributed by atoms with Crippen molar-refractivity contribution in [1.29, 1.82) is 0 Å². The molecule has 1 N–H and O–H groups in total. The summed E-state index contributed by atoms with van der Waals surface area (Å²) in [4.78, 5) is 0. The van der Waals surface area contributed by atoms with Crippen molar-refractivity contribution < 1.29 is 0 Å². The maximum absolute atomic E-state index is 5.91. The van der Waals surface area contributed by atoms with Crippen molar-refractivity contribution in [3.8, 4) is 0 Å². The minimum Gasteiger partial charge on any atom is -0.381 e. The molecule has 17 heavy (non-hydrogen) atoms. The van der Waals surface area contributed by atoms with E-state index in [1.165, 1.54) is 5.56 Å². The Morgan fingerprint density at radius 3 is 2.06 bits per heavy atom. The summed E-state index contributed by atoms with van der Waals surface area (Å²) in [5, 5.41) is 4.56. The van der Waals surface area contributed by atoms with Gasteiger partial charge in [-0.1, -0.05) is 53.5 Å². The summed E-state index contributed by atoms with van der Waals surface area (Å²) in [5.41, 5.74) is 2.15. The fourth-order valence-electron chi connectivity index (χ4n) is 1.46. The molecule has 0 aliphatic carbocycles. The van der Waals surface area contributed by atoms with Gasteiger partial charge in [0, 0.05) is 22.3 Å². The first kappa shape index (κ1) is 14.2. The van der Waals surface area contributed by atoms with Gasteiger partial charge in [0.15, 0.2) is 0 Å². The third-order valence-corrected chi connectivity index (χ3v) is 2.64. The van der Waals surface area contributed by atoms with E-state index >= 15 is 0 Å². The van der Waals surface area contributed by atoms with E-state index in [4.69, 9.17) is 23.2 Å². The van der Waals surface area contributed by atoms with Crippen molar-refractivity contribution in [3.63, 3.8) is 0 Å². The molecule has 90 valence electrons. The fraction of sp³-hybridized carbons (Fsp3) is 0.0769. The van der Waals surface area contributed by atoms with E-state index in [-0.39, 0.29) is 12.4 Å². The highest BCUT2D eigenvalue weighted by Crippen LogP contribution is 2.22. The Bertz CT molecular complexity index is 451. The van der Waals surface area contributed by atoms with Crippen molar-refractivity contribution in [2.24, 2.45) is 0 Å². The van der Waals surface area contributed by atoms with Crippen LogP contribution in [0.15, 0.2) is 48.5 Å². The normalized spacial score (nSPS) is 9.53. The Labute approximate surface area is 117 Å². The third kappa shape index (κ3) is 4.47. The van der Waals surface area contributed by atoms with Crippen LogP contribution in [0.5, 0.6) is 0 Å². The minimum absolute atomic E-state index is 0. The summed E-state index contributed by atoms with van der Waals surface area (Å²) in [5.74, 6) is 0. The van der Waals surface area contributed by atoms with Crippen molar-refractivity contribution in [1.82, 2.24) is 0 Å². The Morgan fingerprint density at radius 1 is 0.882 bits per heavy atom. The van der Waals surface area contributed by atoms with Crippen molar-refractivity contribution in [2.45, 2.75) is 6.54 Å². The van der Waals surface area contributed by atoms with Gasteiger partial charge in [0.25, 0.3) is 0 Å². The summed E-state index contributed by atoms with van der Waals surface area (Å²) in [7, 11) is 0. The van der Waals surface area contributed by atoms with Gasteiger partial charge in [-0.15, -0.1) is 12.4 Å². The number of hydrogen-bond donors (Lipinski definition) is 1. The van der Waals surface area contributed by atoms with Gasteiger partial charge in [0.1, 0.15) is 0 Å². The van der Waals surface area contributed by atoms with E-state index in [0.717, 1.165) is 12.2 Å². The second-order valence-electron chi connectivity index (χ2n) is 3.50. The second kappa shape index (κ2) is 6.75. The SMILES string of the molecule is Cl.Clc1cc(Cl)cc(NCc2ccccc2)c1. The lowest BCUT2D eigenvalue weighted by molar-refractivity contribution is 1.15. The minimum atomic E-state index is 0. The maximum Gasteiger partial charge on any atom is 0.0441 e. The first-order chi connectivity index (χ1) is 7.74. The van der Waals surface area contributed by atoms with Crippen molar-refractivity contribution in [3.05, 3.63) is 64.1 Å². The maximum atomic E-state index is 5.91. The summed E-state index contributed by atoms with van der Waals surface area (Å²) in [6.45, 7) is 0.761. The van der Waals surface area contributed by atoms with Gasteiger partial charge in [0.2, 0.25) is 0 Å². The molecule has 0 bridgehead atoms. The number of rotatable bonds is 3. The zero-order chi connectivity index (χ0) is 11.4. The first-order valence-electron chi connectivity index (χ1n) is 4.98. The molecule has 0 unspecified atom stereocenters. The predicted molar refractivity (Wildman–Crippen MR) is 77.5 cm³/mol. The van der Waals surface area contributed by atoms with Crippen LogP contribution in [0.25, 0.3) is 0 Å². The van der Waals surface area contributed by atoms with Gasteiger partial charge in [-0.25, -0.2) is 0 Å². The molecule has 0 saturated carbocycles. The largest absolute Gasteiger partial charge is 0.381 e. The van der Waals surface area contributed by atoms with Gasteiger partial charge in [-0.3, -0.25) is 0 Å². The topological polar surface area (TPSA) is 12.0 Å². The van der Waals surface area contributed by atoms with Crippen LogP contribution >= 0.6 is 35.6 Å². The second-order valence-corrected chi connectivity index (χ2v) is 4.37. The van der Waals surface area contributed by atoms with Crippen molar-refractivity contribution >= 4 is 41.3 Å². The molecule has 2 aromatic carbocycles. The molecule has 4 heteroatoms. The smallest absolute Gasteiger partial charge is 0.0441 e. The summed E-state index contributed by atoms with van der Waals surface area (Å²) in [6, 6.07) is 15.6. The van der Waals surface area contributed by atoms with Gasteiger partial charge in [0.05, 0.1) is 0 Å². The lowest BCUT2D eigenvalue weighted by Crippen LogP contribution is -1.98. The highest BCUT2D eigenvalue weighted by atomic mass is 35.5. The van der Waals surface area contributed by atoms with Crippen LogP contribution in [-0.4, -0.2) is 0 Å². The lowest BCUT2D eigenvalue weighted by atomic mass is 10.2. The van der Waals surface area contributed by atoms with E-state index in [1.54, 1.807) is 6.07 Å². The Hall–Kier alpha value is -0.890. The molecule has 0 heterocycles. The lowest BCUT2D eigenvalue weighted by Gasteiger charge is -2.07. The van der Waals surface area contributed by atoms with Gasteiger partial charge >= 0.3 is 0 Å². The summed E-state index contributed by atoms with van der Waals surface area (Å²) < 4.78 is 0. The highest BCUT2D eigenvalue weighted by Gasteiger charge is 1.97. The Balaban J connectivity index is 0.00000144. The van der Waals surface area contributed by atoms with Crippen LogP contribution in [0.1, 0.15) is 5.56 Å². The monoisotopic (exact) mass is 287 g/mol. The summed E-state index contributed by atoms with van der Waals surface area (Å²) in [6.07, 6.45) is 0. The Morgan fingerprint density at radius 2 is 1.47 bits per heavy atom. The van der Waals surface area contributed by atoms with E-state index in [2.05, 4.69) is 17.4 Å². The average Bonchev–Trinajstić information content (AvgIpc) is 2.27. The molecule has 0 atom stereocenters. The molecule has 2 rings (SSSR count). The molecule has 0 aromatic heterocycles. The molecule has 0 fully saturated rings. The van der Waals surface area contributed by atoms with E-state index in [1.807, 2.05) is 30.3 Å². The third-order valence-electron chi connectivity index (χ3n) is 2.20. The molecule has 0 aliphatic heterocycles. The van der Waals surface area contributed by atoms with E-state index < -0.39 is 0 Å². The molecule has 0 aliphatic rings. The van der Waals surface area contributed by atoms with E-state index in [0.29, 0.717) is 10.0 Å². The molecule has 0 saturated heterocycles. The van der Waals surface area contributed by atoms with Gasteiger partial charge in [-0.05, 0) is 23.8 Å². The number of hydrogen-bond acceptors (Lipinski definition) is 1. The highest BCUT2D eigenvalue weighted by molar-refractivity contribution is 6.35. The molecular formula is C13H12Cl3N. The fourth-order valence-corrected chi connectivity index (χ4v) is 1.98.